The van der Waals surface area contributed by atoms with Crippen LogP contribution in [-0.2, 0) is 6.54 Å². The number of rotatable bonds is 6. The zero-order valence-corrected chi connectivity index (χ0v) is 15.4. The Labute approximate surface area is 157 Å². The van der Waals surface area contributed by atoms with E-state index in [1.165, 1.54) is 15.8 Å². The lowest BCUT2D eigenvalue weighted by molar-refractivity contribution is 0.414. The van der Waals surface area contributed by atoms with Gasteiger partial charge in [-0.2, -0.15) is 0 Å². The van der Waals surface area contributed by atoms with E-state index in [1.807, 2.05) is 24.3 Å². The quantitative estimate of drug-likeness (QED) is 0.514. The summed E-state index contributed by atoms with van der Waals surface area (Å²) < 4.78 is 6.52. The van der Waals surface area contributed by atoms with Crippen LogP contribution in [0.25, 0.3) is 10.2 Å². The highest BCUT2D eigenvalue weighted by molar-refractivity contribution is 7.18. The fourth-order valence-electron chi connectivity index (χ4n) is 3.05. The summed E-state index contributed by atoms with van der Waals surface area (Å²) in [4.78, 5) is 4.74. The van der Waals surface area contributed by atoms with Crippen molar-refractivity contribution in [2.75, 3.05) is 7.11 Å². The third-order valence-corrected chi connectivity index (χ3v) is 5.41. The molecule has 3 nitrogen and oxygen atoms in total. The summed E-state index contributed by atoms with van der Waals surface area (Å²) in [6, 6.07) is 27.1. The van der Waals surface area contributed by atoms with E-state index in [1.54, 1.807) is 18.4 Å². The number of hydrogen-bond donors (Lipinski definition) is 1. The number of ether oxygens (including phenoxy) is 1. The van der Waals surface area contributed by atoms with Gasteiger partial charge in [0.15, 0.2) is 0 Å². The smallest absolute Gasteiger partial charge is 0.118 e. The fourth-order valence-corrected chi connectivity index (χ4v) is 3.97. The maximum Gasteiger partial charge on any atom is 0.118 e. The molecule has 0 spiro atoms. The van der Waals surface area contributed by atoms with Crippen molar-refractivity contribution in [3.05, 3.63) is 95.0 Å². The van der Waals surface area contributed by atoms with Crippen molar-refractivity contribution in [1.29, 1.82) is 0 Å². The van der Waals surface area contributed by atoms with E-state index in [0.717, 1.165) is 22.8 Å². The molecule has 1 N–H and O–H groups in total. The van der Waals surface area contributed by atoms with E-state index in [-0.39, 0.29) is 6.04 Å². The molecule has 1 atom stereocenters. The minimum absolute atomic E-state index is 0.106. The molecule has 4 aromatic rings. The molecule has 0 aliphatic heterocycles. The highest BCUT2D eigenvalue weighted by Crippen LogP contribution is 2.26. The molecule has 0 aliphatic carbocycles. The molecular weight excluding hydrogens is 340 g/mol. The van der Waals surface area contributed by atoms with Crippen LogP contribution in [-0.4, -0.2) is 12.1 Å². The summed E-state index contributed by atoms with van der Waals surface area (Å²) in [7, 11) is 1.69. The van der Waals surface area contributed by atoms with Gasteiger partial charge in [0.25, 0.3) is 0 Å². The highest BCUT2D eigenvalue weighted by atomic mass is 32.1. The summed E-state index contributed by atoms with van der Waals surface area (Å²) in [6.45, 7) is 0.727. The van der Waals surface area contributed by atoms with Gasteiger partial charge in [-0.05, 0) is 35.4 Å². The van der Waals surface area contributed by atoms with Crippen LogP contribution >= 0.6 is 11.3 Å². The summed E-state index contributed by atoms with van der Waals surface area (Å²) in [6.07, 6.45) is 0. The van der Waals surface area contributed by atoms with E-state index in [0.29, 0.717) is 0 Å². The van der Waals surface area contributed by atoms with Crippen LogP contribution < -0.4 is 10.1 Å². The van der Waals surface area contributed by atoms with Gasteiger partial charge in [0.1, 0.15) is 10.8 Å². The number of para-hydroxylation sites is 1. The first kappa shape index (κ1) is 16.8. The predicted octanol–water partition coefficient (Wildman–Crippen LogP) is 5.18. The van der Waals surface area contributed by atoms with Crippen molar-refractivity contribution in [3.8, 4) is 5.75 Å². The molecule has 3 aromatic carbocycles. The lowest BCUT2D eigenvalue weighted by atomic mass is 9.98. The Morgan fingerprint density at radius 3 is 2.31 bits per heavy atom. The molecule has 0 fully saturated rings. The van der Waals surface area contributed by atoms with Gasteiger partial charge in [0, 0.05) is 6.54 Å². The van der Waals surface area contributed by atoms with Gasteiger partial charge in [-0.1, -0.05) is 54.6 Å². The van der Waals surface area contributed by atoms with Gasteiger partial charge in [-0.3, -0.25) is 5.32 Å². The average molecular weight is 360 g/mol. The SMILES string of the molecule is COc1ccc([C@H](NCc2nc3ccccc3s2)c2ccccc2)cc1. The molecule has 4 heteroatoms. The van der Waals surface area contributed by atoms with E-state index >= 15 is 0 Å². The number of nitrogens with one attached hydrogen (secondary N) is 1. The number of methoxy groups -OCH3 is 1. The van der Waals surface area contributed by atoms with Gasteiger partial charge < -0.3 is 4.74 Å². The Morgan fingerprint density at radius 2 is 1.58 bits per heavy atom. The largest absolute Gasteiger partial charge is 0.497 e. The number of aromatic nitrogens is 1. The van der Waals surface area contributed by atoms with Crippen molar-refractivity contribution in [1.82, 2.24) is 10.3 Å². The zero-order valence-electron chi connectivity index (χ0n) is 14.6. The molecule has 1 heterocycles. The summed E-state index contributed by atoms with van der Waals surface area (Å²) in [5.74, 6) is 0.867. The third kappa shape index (κ3) is 3.62. The Kier molecular flexibility index (Phi) is 4.95. The molecule has 0 unspecified atom stereocenters. The summed E-state index contributed by atoms with van der Waals surface area (Å²) >= 11 is 1.74. The Morgan fingerprint density at radius 1 is 0.885 bits per heavy atom. The molecule has 0 amide bonds. The molecule has 130 valence electrons. The molecule has 1 aromatic heterocycles. The maximum absolute atomic E-state index is 5.29. The van der Waals surface area contributed by atoms with Crippen molar-refractivity contribution >= 4 is 21.6 Å². The van der Waals surface area contributed by atoms with E-state index in [4.69, 9.17) is 9.72 Å². The molecule has 0 radical (unpaired) electrons. The first-order valence-electron chi connectivity index (χ1n) is 8.60. The first-order valence-corrected chi connectivity index (χ1v) is 9.42. The third-order valence-electron chi connectivity index (χ3n) is 4.38. The second-order valence-electron chi connectivity index (χ2n) is 6.07. The highest BCUT2D eigenvalue weighted by Gasteiger charge is 2.14. The number of hydrogen-bond acceptors (Lipinski definition) is 4. The Bertz CT molecular complexity index is 947. The van der Waals surface area contributed by atoms with Crippen molar-refractivity contribution < 1.29 is 4.74 Å². The predicted molar refractivity (Wildman–Crippen MR) is 108 cm³/mol. The van der Waals surface area contributed by atoms with Crippen molar-refractivity contribution in [3.63, 3.8) is 0 Å². The number of thiazole rings is 1. The number of benzene rings is 3. The monoisotopic (exact) mass is 360 g/mol. The molecular formula is C22H20N2OS. The fraction of sp³-hybridized carbons (Fsp3) is 0.136. The lowest BCUT2D eigenvalue weighted by Crippen LogP contribution is -2.22. The van der Waals surface area contributed by atoms with Crippen LogP contribution in [0.1, 0.15) is 22.2 Å². The van der Waals surface area contributed by atoms with E-state index in [9.17, 15) is 0 Å². The number of nitrogens with zero attached hydrogens (tertiary/aromatic N) is 1. The minimum Gasteiger partial charge on any atom is -0.497 e. The molecule has 26 heavy (non-hydrogen) atoms. The lowest BCUT2D eigenvalue weighted by Gasteiger charge is -2.19. The van der Waals surface area contributed by atoms with Crippen LogP contribution in [0.3, 0.4) is 0 Å². The van der Waals surface area contributed by atoms with Crippen LogP contribution in [0.15, 0.2) is 78.9 Å². The van der Waals surface area contributed by atoms with Gasteiger partial charge in [0.2, 0.25) is 0 Å². The standard InChI is InChI=1S/C22H20N2OS/c1-25-18-13-11-17(12-14-18)22(16-7-3-2-4-8-16)23-15-21-24-19-9-5-6-10-20(19)26-21/h2-14,22-23H,15H2,1H3/t22-/m1/s1. The van der Waals surface area contributed by atoms with Gasteiger partial charge in [-0.15, -0.1) is 11.3 Å². The topological polar surface area (TPSA) is 34.1 Å². The zero-order chi connectivity index (χ0) is 17.8. The van der Waals surface area contributed by atoms with Crippen LogP contribution in [0.4, 0.5) is 0 Å². The van der Waals surface area contributed by atoms with E-state index in [2.05, 4.69) is 59.9 Å². The molecule has 0 aliphatic rings. The summed E-state index contributed by atoms with van der Waals surface area (Å²) in [5.41, 5.74) is 3.51. The second-order valence-corrected chi connectivity index (χ2v) is 7.19. The second kappa shape index (κ2) is 7.68. The summed E-state index contributed by atoms with van der Waals surface area (Å²) in [5, 5.41) is 4.77. The van der Waals surface area contributed by atoms with E-state index < -0.39 is 0 Å². The Balaban J connectivity index is 1.60. The van der Waals surface area contributed by atoms with Crippen LogP contribution in [0, 0.1) is 0 Å². The molecule has 4 rings (SSSR count). The van der Waals surface area contributed by atoms with Gasteiger partial charge >= 0.3 is 0 Å². The van der Waals surface area contributed by atoms with Gasteiger partial charge in [-0.25, -0.2) is 4.98 Å². The maximum atomic E-state index is 5.29. The van der Waals surface area contributed by atoms with Crippen LogP contribution in [0.2, 0.25) is 0 Å². The van der Waals surface area contributed by atoms with Crippen LogP contribution in [0.5, 0.6) is 5.75 Å². The average Bonchev–Trinajstić information content (AvgIpc) is 3.12. The molecule has 0 saturated heterocycles. The molecule has 0 saturated carbocycles. The van der Waals surface area contributed by atoms with Crippen molar-refractivity contribution in [2.24, 2.45) is 0 Å². The Hall–Kier alpha value is -2.69. The molecule has 0 bridgehead atoms. The van der Waals surface area contributed by atoms with Gasteiger partial charge in [0.05, 0.1) is 23.4 Å². The first-order chi connectivity index (χ1) is 12.8. The normalized spacial score (nSPS) is 12.2. The number of fused-ring (bicyclic) bond motifs is 1. The minimum atomic E-state index is 0.106. The van der Waals surface area contributed by atoms with Crippen molar-refractivity contribution in [2.45, 2.75) is 12.6 Å².